The number of aromatic nitrogens is 2. The van der Waals surface area contributed by atoms with E-state index in [1.165, 1.54) is 18.4 Å². The first-order valence-corrected chi connectivity index (χ1v) is 6.96. The minimum atomic E-state index is 0.432. The summed E-state index contributed by atoms with van der Waals surface area (Å²) in [6.45, 7) is 7.55. The molecule has 1 aliphatic rings. The van der Waals surface area contributed by atoms with Crippen molar-refractivity contribution in [2.24, 2.45) is 0 Å². The third kappa shape index (κ3) is 2.74. The van der Waals surface area contributed by atoms with E-state index in [0.29, 0.717) is 12.0 Å². The Morgan fingerprint density at radius 1 is 1.39 bits per heavy atom. The van der Waals surface area contributed by atoms with Crippen molar-refractivity contribution in [3.05, 3.63) is 11.9 Å². The molecule has 1 fully saturated rings. The van der Waals surface area contributed by atoms with Crippen molar-refractivity contribution in [3.63, 3.8) is 0 Å². The van der Waals surface area contributed by atoms with Crippen LogP contribution in [0.1, 0.15) is 51.5 Å². The number of nitrogens with one attached hydrogen (secondary N) is 1. The lowest BCUT2D eigenvalue weighted by atomic mass is 10.0. The molecule has 1 aliphatic carbocycles. The molecule has 0 atom stereocenters. The highest BCUT2D eigenvalue weighted by Gasteiger charge is 2.29. The smallest absolute Gasteiger partial charge is 0.137 e. The molecule has 1 aromatic heterocycles. The quantitative estimate of drug-likeness (QED) is 0.840. The van der Waals surface area contributed by atoms with Crippen LogP contribution in [-0.4, -0.2) is 29.6 Å². The van der Waals surface area contributed by atoms with E-state index in [-0.39, 0.29) is 0 Å². The molecule has 0 bridgehead atoms. The SMILES string of the molecule is CCCNc1ncnc(N(C)C2CC2)c1C(C)C. The minimum absolute atomic E-state index is 0.432. The predicted octanol–water partition coefficient (Wildman–Crippen LogP) is 3.02. The topological polar surface area (TPSA) is 41.1 Å². The second-order valence-electron chi connectivity index (χ2n) is 5.38. The summed E-state index contributed by atoms with van der Waals surface area (Å²) in [5.41, 5.74) is 1.25. The molecule has 0 amide bonds. The van der Waals surface area contributed by atoms with E-state index in [0.717, 1.165) is 24.6 Å². The first kappa shape index (κ1) is 13.1. The van der Waals surface area contributed by atoms with Crippen molar-refractivity contribution in [1.82, 2.24) is 9.97 Å². The number of nitrogens with zero attached hydrogens (tertiary/aromatic N) is 3. The summed E-state index contributed by atoms with van der Waals surface area (Å²) < 4.78 is 0. The summed E-state index contributed by atoms with van der Waals surface area (Å²) in [6, 6.07) is 0.677. The lowest BCUT2D eigenvalue weighted by Crippen LogP contribution is -2.23. The Kier molecular flexibility index (Phi) is 4.04. The van der Waals surface area contributed by atoms with E-state index in [9.17, 15) is 0 Å². The summed E-state index contributed by atoms with van der Waals surface area (Å²) in [4.78, 5) is 11.2. The Labute approximate surface area is 110 Å². The van der Waals surface area contributed by atoms with Gasteiger partial charge in [0.15, 0.2) is 0 Å². The summed E-state index contributed by atoms with van der Waals surface area (Å²) >= 11 is 0. The molecular formula is C14H24N4. The zero-order valence-electron chi connectivity index (χ0n) is 11.9. The van der Waals surface area contributed by atoms with Gasteiger partial charge in [0.1, 0.15) is 18.0 Å². The summed E-state index contributed by atoms with van der Waals surface area (Å²) in [5, 5.41) is 3.42. The highest BCUT2D eigenvalue weighted by atomic mass is 15.2. The highest BCUT2D eigenvalue weighted by molar-refractivity contribution is 5.60. The Morgan fingerprint density at radius 2 is 2.11 bits per heavy atom. The predicted molar refractivity (Wildman–Crippen MR) is 76.3 cm³/mol. The van der Waals surface area contributed by atoms with Crippen molar-refractivity contribution in [2.75, 3.05) is 23.8 Å². The third-order valence-electron chi connectivity index (χ3n) is 3.41. The molecule has 100 valence electrons. The Hall–Kier alpha value is -1.32. The van der Waals surface area contributed by atoms with Gasteiger partial charge in [-0.3, -0.25) is 0 Å². The molecule has 2 rings (SSSR count). The van der Waals surface area contributed by atoms with Gasteiger partial charge >= 0.3 is 0 Å². The molecule has 0 saturated heterocycles. The monoisotopic (exact) mass is 248 g/mol. The zero-order chi connectivity index (χ0) is 13.1. The first-order chi connectivity index (χ1) is 8.65. The van der Waals surface area contributed by atoms with Crippen LogP contribution in [0, 0.1) is 0 Å². The molecule has 1 aromatic rings. The van der Waals surface area contributed by atoms with E-state index in [1.54, 1.807) is 6.33 Å². The molecule has 1 heterocycles. The van der Waals surface area contributed by atoms with Crippen LogP contribution >= 0.6 is 0 Å². The molecule has 1 saturated carbocycles. The molecule has 4 heteroatoms. The lowest BCUT2D eigenvalue weighted by Gasteiger charge is -2.24. The van der Waals surface area contributed by atoms with E-state index in [4.69, 9.17) is 0 Å². The van der Waals surface area contributed by atoms with Gasteiger partial charge in [-0.1, -0.05) is 20.8 Å². The second kappa shape index (κ2) is 5.55. The van der Waals surface area contributed by atoms with Gasteiger partial charge in [-0.05, 0) is 25.2 Å². The van der Waals surface area contributed by atoms with Gasteiger partial charge in [0.05, 0.1) is 0 Å². The number of rotatable bonds is 6. The van der Waals surface area contributed by atoms with Crippen molar-refractivity contribution >= 4 is 11.6 Å². The molecule has 0 radical (unpaired) electrons. The Balaban J connectivity index is 2.31. The number of hydrogen-bond donors (Lipinski definition) is 1. The van der Waals surface area contributed by atoms with Gasteiger partial charge in [0.2, 0.25) is 0 Å². The molecule has 0 unspecified atom stereocenters. The van der Waals surface area contributed by atoms with Crippen LogP contribution in [0.3, 0.4) is 0 Å². The third-order valence-corrected chi connectivity index (χ3v) is 3.41. The number of anilines is 2. The summed E-state index contributed by atoms with van der Waals surface area (Å²) in [5.74, 6) is 2.53. The van der Waals surface area contributed by atoms with Crippen LogP contribution in [0.2, 0.25) is 0 Å². The van der Waals surface area contributed by atoms with E-state index in [1.807, 2.05) is 0 Å². The average molecular weight is 248 g/mol. The van der Waals surface area contributed by atoms with E-state index in [2.05, 4.69) is 48.0 Å². The van der Waals surface area contributed by atoms with Gasteiger partial charge in [-0.25, -0.2) is 9.97 Å². The maximum atomic E-state index is 4.50. The molecule has 0 spiro atoms. The molecule has 1 N–H and O–H groups in total. The maximum Gasteiger partial charge on any atom is 0.137 e. The van der Waals surface area contributed by atoms with Crippen LogP contribution in [0.4, 0.5) is 11.6 Å². The maximum absolute atomic E-state index is 4.50. The van der Waals surface area contributed by atoms with Crippen LogP contribution in [-0.2, 0) is 0 Å². The summed E-state index contributed by atoms with van der Waals surface area (Å²) in [6.07, 6.45) is 5.36. The van der Waals surface area contributed by atoms with Gasteiger partial charge in [-0.15, -0.1) is 0 Å². The van der Waals surface area contributed by atoms with Crippen LogP contribution in [0.15, 0.2) is 6.33 Å². The minimum Gasteiger partial charge on any atom is -0.370 e. The fourth-order valence-electron chi connectivity index (χ4n) is 2.22. The highest BCUT2D eigenvalue weighted by Crippen LogP contribution is 2.35. The molecular weight excluding hydrogens is 224 g/mol. The molecule has 18 heavy (non-hydrogen) atoms. The normalized spacial score (nSPS) is 14.9. The second-order valence-corrected chi connectivity index (χ2v) is 5.38. The van der Waals surface area contributed by atoms with Gasteiger partial charge in [0.25, 0.3) is 0 Å². The largest absolute Gasteiger partial charge is 0.370 e. The van der Waals surface area contributed by atoms with Crippen molar-refractivity contribution < 1.29 is 0 Å². The van der Waals surface area contributed by atoms with Crippen molar-refractivity contribution in [1.29, 1.82) is 0 Å². The van der Waals surface area contributed by atoms with Crippen molar-refractivity contribution in [3.8, 4) is 0 Å². The molecule has 0 aromatic carbocycles. The first-order valence-electron chi connectivity index (χ1n) is 6.96. The standard InChI is InChI=1S/C14H24N4/c1-5-8-15-13-12(10(2)3)14(17-9-16-13)18(4)11-6-7-11/h9-11H,5-8H2,1-4H3,(H,15,16,17). The Morgan fingerprint density at radius 3 is 2.67 bits per heavy atom. The lowest BCUT2D eigenvalue weighted by molar-refractivity contribution is 0.804. The van der Waals surface area contributed by atoms with Gasteiger partial charge < -0.3 is 10.2 Å². The number of hydrogen-bond acceptors (Lipinski definition) is 4. The average Bonchev–Trinajstić information content (AvgIpc) is 3.18. The van der Waals surface area contributed by atoms with Crippen LogP contribution < -0.4 is 10.2 Å². The molecule has 0 aliphatic heterocycles. The Bertz CT molecular complexity index is 399. The van der Waals surface area contributed by atoms with E-state index >= 15 is 0 Å². The molecule has 4 nitrogen and oxygen atoms in total. The fraction of sp³-hybridized carbons (Fsp3) is 0.714. The fourth-order valence-corrected chi connectivity index (χ4v) is 2.22. The van der Waals surface area contributed by atoms with Gasteiger partial charge in [-0.2, -0.15) is 0 Å². The van der Waals surface area contributed by atoms with Crippen molar-refractivity contribution in [2.45, 2.75) is 52.0 Å². The van der Waals surface area contributed by atoms with Gasteiger partial charge in [0, 0.05) is 25.2 Å². The van der Waals surface area contributed by atoms with Crippen LogP contribution in [0.5, 0.6) is 0 Å². The summed E-state index contributed by atoms with van der Waals surface area (Å²) in [7, 11) is 2.15. The van der Waals surface area contributed by atoms with Crippen LogP contribution in [0.25, 0.3) is 0 Å². The van der Waals surface area contributed by atoms with E-state index < -0.39 is 0 Å². The zero-order valence-corrected chi connectivity index (χ0v) is 11.9.